The first-order valence-corrected chi connectivity index (χ1v) is 10.2. The van der Waals surface area contributed by atoms with Gasteiger partial charge in [0.2, 0.25) is 0 Å². The molecule has 1 aliphatic carbocycles. The maximum Gasteiger partial charge on any atom is 0.254 e. The number of amides is 1. The van der Waals surface area contributed by atoms with Crippen LogP contribution in [0.15, 0.2) is 16.7 Å². The van der Waals surface area contributed by atoms with E-state index < -0.39 is 0 Å². The molecule has 0 saturated carbocycles. The van der Waals surface area contributed by atoms with E-state index in [1.54, 1.807) is 0 Å². The summed E-state index contributed by atoms with van der Waals surface area (Å²) in [4.78, 5) is 24.0. The fourth-order valence-electron chi connectivity index (χ4n) is 3.91. The first kappa shape index (κ1) is 19.1. The van der Waals surface area contributed by atoms with E-state index in [-0.39, 0.29) is 5.91 Å². The highest BCUT2D eigenvalue weighted by atomic mass is 16.5. The normalized spacial score (nSPS) is 17.3. The van der Waals surface area contributed by atoms with Gasteiger partial charge in [-0.3, -0.25) is 9.69 Å². The molecule has 2 aromatic rings. The number of nitrogens with one attached hydrogen (secondary N) is 1. The van der Waals surface area contributed by atoms with Crippen LogP contribution in [0.5, 0.6) is 0 Å². The Morgan fingerprint density at radius 2 is 2.04 bits per heavy atom. The number of aryl methyl sites for hydroxylation is 2. The van der Waals surface area contributed by atoms with E-state index in [1.165, 1.54) is 30.4 Å². The summed E-state index contributed by atoms with van der Waals surface area (Å²) in [6.45, 7) is 6.57. The molecule has 28 heavy (non-hydrogen) atoms. The molecule has 0 unspecified atom stereocenters. The Balaban J connectivity index is 1.28. The highest BCUT2D eigenvalue weighted by Crippen LogP contribution is 2.21. The topological polar surface area (TPSA) is 80.5 Å². The molecule has 1 fully saturated rings. The number of fused-ring (bicyclic) bond motifs is 1. The summed E-state index contributed by atoms with van der Waals surface area (Å²) < 4.78 is 10.9. The van der Waals surface area contributed by atoms with Gasteiger partial charge in [-0.05, 0) is 44.2 Å². The fourth-order valence-corrected chi connectivity index (χ4v) is 3.91. The number of morpholine rings is 1. The van der Waals surface area contributed by atoms with Crippen LogP contribution in [-0.4, -0.2) is 53.6 Å². The number of ether oxygens (including phenoxy) is 1. The summed E-state index contributed by atoms with van der Waals surface area (Å²) in [5.41, 5.74) is 4.17. The second-order valence-corrected chi connectivity index (χ2v) is 7.55. The standard InChI is InChI=1S/C21H28N4O3/c1-15-18-4-2-3-5-19(18)24-20(23-15)6-7-22-21(26)16-12-17(28-14-16)13-25-8-10-27-11-9-25/h12,14H,2-11,13H2,1H3,(H,22,26). The van der Waals surface area contributed by atoms with Crippen molar-refractivity contribution in [1.82, 2.24) is 20.2 Å². The molecular formula is C21H28N4O3. The number of hydrogen-bond donors (Lipinski definition) is 1. The molecule has 0 aromatic carbocycles. The predicted molar refractivity (Wildman–Crippen MR) is 104 cm³/mol. The summed E-state index contributed by atoms with van der Waals surface area (Å²) >= 11 is 0. The average molecular weight is 384 g/mol. The molecule has 1 aliphatic heterocycles. The molecule has 2 aliphatic rings. The zero-order chi connectivity index (χ0) is 19.3. The molecule has 1 N–H and O–H groups in total. The minimum absolute atomic E-state index is 0.119. The minimum Gasteiger partial charge on any atom is -0.467 e. The van der Waals surface area contributed by atoms with Gasteiger partial charge >= 0.3 is 0 Å². The van der Waals surface area contributed by atoms with Crippen molar-refractivity contribution in [2.45, 2.75) is 45.6 Å². The summed E-state index contributed by atoms with van der Waals surface area (Å²) in [5.74, 6) is 1.51. The first-order valence-electron chi connectivity index (χ1n) is 10.2. The van der Waals surface area contributed by atoms with Crippen LogP contribution >= 0.6 is 0 Å². The van der Waals surface area contributed by atoms with E-state index in [2.05, 4.69) is 22.1 Å². The number of aromatic nitrogens is 2. The SMILES string of the molecule is Cc1nc(CCNC(=O)c2coc(CN3CCOCC3)c2)nc2c1CCCC2. The number of rotatable bonds is 6. The molecule has 0 radical (unpaired) electrons. The second-order valence-electron chi connectivity index (χ2n) is 7.55. The van der Waals surface area contributed by atoms with Gasteiger partial charge in [0.25, 0.3) is 5.91 Å². The van der Waals surface area contributed by atoms with Crippen LogP contribution in [0.25, 0.3) is 0 Å². The van der Waals surface area contributed by atoms with Crippen molar-refractivity contribution in [1.29, 1.82) is 0 Å². The van der Waals surface area contributed by atoms with Crippen LogP contribution in [0, 0.1) is 6.92 Å². The molecule has 1 amide bonds. The van der Waals surface area contributed by atoms with Gasteiger partial charge in [0.1, 0.15) is 17.8 Å². The Hall–Kier alpha value is -2.25. The third-order valence-corrected chi connectivity index (χ3v) is 5.47. The Labute approximate surface area is 165 Å². The zero-order valence-corrected chi connectivity index (χ0v) is 16.5. The van der Waals surface area contributed by atoms with E-state index in [1.807, 2.05) is 6.07 Å². The molecule has 7 heteroatoms. The predicted octanol–water partition coefficient (Wildman–Crippen LogP) is 2.06. The fraction of sp³-hybridized carbons (Fsp3) is 0.571. The van der Waals surface area contributed by atoms with Gasteiger partial charge in [0, 0.05) is 37.4 Å². The van der Waals surface area contributed by atoms with Gasteiger partial charge in [0.05, 0.1) is 25.3 Å². The van der Waals surface area contributed by atoms with Gasteiger partial charge < -0.3 is 14.5 Å². The van der Waals surface area contributed by atoms with Crippen LogP contribution < -0.4 is 5.32 Å². The molecule has 0 atom stereocenters. The number of carbonyl (C=O) groups excluding carboxylic acids is 1. The number of hydrogen-bond acceptors (Lipinski definition) is 6. The second kappa shape index (κ2) is 8.84. The minimum atomic E-state index is -0.119. The molecule has 1 saturated heterocycles. The van der Waals surface area contributed by atoms with Crippen molar-refractivity contribution >= 4 is 5.91 Å². The van der Waals surface area contributed by atoms with E-state index >= 15 is 0 Å². The molecule has 2 aromatic heterocycles. The monoisotopic (exact) mass is 384 g/mol. The van der Waals surface area contributed by atoms with Crippen molar-refractivity contribution in [3.8, 4) is 0 Å². The van der Waals surface area contributed by atoms with E-state index in [0.29, 0.717) is 25.1 Å². The van der Waals surface area contributed by atoms with Crippen molar-refractivity contribution in [3.05, 3.63) is 46.4 Å². The van der Waals surface area contributed by atoms with Crippen molar-refractivity contribution in [2.24, 2.45) is 0 Å². The van der Waals surface area contributed by atoms with Crippen molar-refractivity contribution in [2.75, 3.05) is 32.8 Å². The Kier molecular flexibility index (Phi) is 6.02. The van der Waals surface area contributed by atoms with Gasteiger partial charge in [-0.25, -0.2) is 9.97 Å². The lowest BCUT2D eigenvalue weighted by molar-refractivity contribution is 0.0313. The van der Waals surface area contributed by atoms with Gasteiger partial charge in [-0.15, -0.1) is 0 Å². The highest BCUT2D eigenvalue weighted by Gasteiger charge is 2.17. The molecule has 0 spiro atoms. The van der Waals surface area contributed by atoms with Crippen LogP contribution in [0.1, 0.15) is 51.7 Å². The van der Waals surface area contributed by atoms with Crippen LogP contribution in [0.2, 0.25) is 0 Å². The lowest BCUT2D eigenvalue weighted by Crippen LogP contribution is -2.35. The maximum absolute atomic E-state index is 12.4. The lowest BCUT2D eigenvalue weighted by atomic mass is 9.95. The summed E-state index contributed by atoms with van der Waals surface area (Å²) in [6.07, 6.45) is 6.73. The third-order valence-electron chi connectivity index (χ3n) is 5.47. The third kappa shape index (κ3) is 4.59. The van der Waals surface area contributed by atoms with Gasteiger partial charge in [0.15, 0.2) is 0 Å². The smallest absolute Gasteiger partial charge is 0.254 e. The highest BCUT2D eigenvalue weighted by molar-refractivity contribution is 5.93. The Bertz CT molecular complexity index is 827. The van der Waals surface area contributed by atoms with Gasteiger partial charge in [-0.1, -0.05) is 0 Å². The summed E-state index contributed by atoms with van der Waals surface area (Å²) in [6, 6.07) is 1.82. The van der Waals surface area contributed by atoms with Gasteiger partial charge in [-0.2, -0.15) is 0 Å². The zero-order valence-electron chi connectivity index (χ0n) is 16.5. The Morgan fingerprint density at radius 3 is 2.89 bits per heavy atom. The molecule has 3 heterocycles. The van der Waals surface area contributed by atoms with Crippen LogP contribution in [0.4, 0.5) is 0 Å². The van der Waals surface area contributed by atoms with E-state index in [4.69, 9.17) is 14.1 Å². The number of carbonyl (C=O) groups is 1. The first-order chi connectivity index (χ1) is 13.7. The quantitative estimate of drug-likeness (QED) is 0.821. The number of nitrogens with zero attached hydrogens (tertiary/aromatic N) is 3. The van der Waals surface area contributed by atoms with E-state index in [0.717, 1.165) is 56.4 Å². The molecule has 7 nitrogen and oxygen atoms in total. The van der Waals surface area contributed by atoms with Crippen molar-refractivity contribution < 1.29 is 13.9 Å². The molecule has 4 rings (SSSR count). The maximum atomic E-state index is 12.4. The van der Waals surface area contributed by atoms with Crippen molar-refractivity contribution in [3.63, 3.8) is 0 Å². The number of furan rings is 1. The molecule has 0 bridgehead atoms. The average Bonchev–Trinajstić information content (AvgIpc) is 3.17. The van der Waals surface area contributed by atoms with E-state index in [9.17, 15) is 4.79 Å². The summed E-state index contributed by atoms with van der Waals surface area (Å²) in [5, 5.41) is 2.95. The van der Waals surface area contributed by atoms with Crippen LogP contribution in [0.3, 0.4) is 0 Å². The van der Waals surface area contributed by atoms with Crippen LogP contribution in [-0.2, 0) is 30.5 Å². The lowest BCUT2D eigenvalue weighted by Gasteiger charge is -2.25. The summed E-state index contributed by atoms with van der Waals surface area (Å²) in [7, 11) is 0. The Morgan fingerprint density at radius 1 is 1.21 bits per heavy atom. The molecular weight excluding hydrogens is 356 g/mol. The largest absolute Gasteiger partial charge is 0.467 e. The molecule has 150 valence electrons.